The molecule has 3 aromatic carbocycles. The number of anilines is 1. The van der Waals surface area contributed by atoms with Crippen LogP contribution in [0.5, 0.6) is 0 Å². The van der Waals surface area contributed by atoms with E-state index in [2.05, 4.69) is 21.2 Å². The van der Waals surface area contributed by atoms with Gasteiger partial charge in [0.15, 0.2) is 0 Å². The van der Waals surface area contributed by atoms with Crippen LogP contribution in [0.1, 0.15) is 33.7 Å². The number of amides is 3. The summed E-state index contributed by atoms with van der Waals surface area (Å²) in [5, 5.41) is 2.84. The Balaban J connectivity index is 1.40. The fraction of sp³-hybridized carbons (Fsp3) is 0.222. The first kappa shape index (κ1) is 20.4. The molecule has 0 radical (unpaired) electrons. The number of carbonyl (C=O) groups is 3. The van der Waals surface area contributed by atoms with Gasteiger partial charge in [0.05, 0.1) is 16.2 Å². The Kier molecular flexibility index (Phi) is 4.40. The predicted molar refractivity (Wildman–Crippen MR) is 128 cm³/mol. The minimum Gasteiger partial charge on any atom is -0.324 e. The third-order valence-electron chi connectivity index (χ3n) is 7.33. The van der Waals surface area contributed by atoms with Crippen molar-refractivity contribution in [3.63, 3.8) is 0 Å². The number of benzene rings is 3. The summed E-state index contributed by atoms with van der Waals surface area (Å²) >= 11 is 3.96. The molecule has 0 unspecified atom stereocenters. The molecule has 3 amide bonds. The van der Waals surface area contributed by atoms with Crippen LogP contribution in [-0.2, 0) is 18.7 Å². The number of alkyl halides is 1. The zero-order valence-electron chi connectivity index (χ0n) is 17.9. The minimum absolute atomic E-state index is 0.206. The van der Waals surface area contributed by atoms with Crippen molar-refractivity contribution in [2.75, 3.05) is 11.9 Å². The summed E-state index contributed by atoms with van der Waals surface area (Å²) in [5.74, 6) is -2.28. The van der Waals surface area contributed by atoms with Gasteiger partial charge in [-0.15, -0.1) is 0 Å². The van der Waals surface area contributed by atoms with Crippen molar-refractivity contribution in [1.29, 1.82) is 0 Å². The normalized spacial score (nSPS) is 26.6. The lowest BCUT2D eigenvalue weighted by atomic mass is 9.55. The second kappa shape index (κ2) is 7.12. The molecular weight excluding hydrogens is 480 g/mol. The Bertz CT molecular complexity index is 1300. The largest absolute Gasteiger partial charge is 0.324 e. The van der Waals surface area contributed by atoms with E-state index in [1.165, 1.54) is 0 Å². The highest BCUT2D eigenvalue weighted by Gasteiger charge is 2.67. The molecule has 4 aliphatic rings. The molecule has 164 valence electrons. The van der Waals surface area contributed by atoms with Gasteiger partial charge in [-0.2, -0.15) is 0 Å². The summed E-state index contributed by atoms with van der Waals surface area (Å²) in [7, 11) is 0. The summed E-state index contributed by atoms with van der Waals surface area (Å²) < 4.78 is -0.798. The van der Waals surface area contributed by atoms with Gasteiger partial charge < -0.3 is 5.32 Å². The highest BCUT2D eigenvalue weighted by molar-refractivity contribution is 9.09. The zero-order valence-corrected chi connectivity index (χ0v) is 19.5. The van der Waals surface area contributed by atoms with E-state index in [0.717, 1.165) is 32.7 Å². The molecule has 2 bridgehead atoms. The van der Waals surface area contributed by atoms with Crippen LogP contribution in [0.4, 0.5) is 5.69 Å². The molecule has 0 spiro atoms. The molecule has 3 aliphatic carbocycles. The maximum atomic E-state index is 13.7. The topological polar surface area (TPSA) is 66.5 Å². The number of nitrogens with one attached hydrogen (secondary N) is 1. The Hall–Kier alpha value is -3.25. The van der Waals surface area contributed by atoms with Gasteiger partial charge in [-0.05, 0) is 40.8 Å². The summed E-state index contributed by atoms with van der Waals surface area (Å²) in [5.41, 5.74) is 5.80. The molecule has 3 aromatic rings. The molecular formula is C27H21BrN2O3. The molecule has 7 rings (SSSR count). The molecule has 0 saturated carbocycles. The summed E-state index contributed by atoms with van der Waals surface area (Å²) in [6, 6.07) is 23.5. The van der Waals surface area contributed by atoms with Crippen LogP contribution in [0.3, 0.4) is 0 Å². The van der Waals surface area contributed by atoms with Gasteiger partial charge in [0.25, 0.3) is 0 Å². The van der Waals surface area contributed by atoms with Crippen molar-refractivity contribution in [2.24, 2.45) is 11.8 Å². The van der Waals surface area contributed by atoms with Gasteiger partial charge in [-0.25, -0.2) is 0 Å². The van der Waals surface area contributed by atoms with Gasteiger partial charge in [0, 0.05) is 11.6 Å². The van der Waals surface area contributed by atoms with Crippen LogP contribution in [0.2, 0.25) is 0 Å². The number of hydrogen-bond acceptors (Lipinski definition) is 3. The smallest absolute Gasteiger partial charge is 0.244 e. The minimum atomic E-state index is -0.798. The standard InChI is InChI=1S/C27H21BrN2O3/c1-15-8-2-7-13-20(15)29-21(31)14-30-25(32)23-22-16-9-3-5-11-18(16)27(28,24(23)26(30)33)19-12-6-4-10-17(19)22/h2-13,22-24H,14H2,1H3,(H,29,31)/t22?,23-,24-,27?/m1/s1. The second-order valence-electron chi connectivity index (χ2n) is 8.99. The third kappa shape index (κ3) is 2.67. The molecule has 1 aliphatic heterocycles. The average Bonchev–Trinajstić information content (AvgIpc) is 3.07. The van der Waals surface area contributed by atoms with E-state index in [4.69, 9.17) is 0 Å². The van der Waals surface area contributed by atoms with Gasteiger partial charge >= 0.3 is 0 Å². The van der Waals surface area contributed by atoms with Crippen molar-refractivity contribution in [3.8, 4) is 0 Å². The zero-order chi connectivity index (χ0) is 22.9. The number of aryl methyl sites for hydroxylation is 1. The van der Waals surface area contributed by atoms with E-state index < -0.39 is 16.2 Å². The Morgan fingerprint density at radius 2 is 1.48 bits per heavy atom. The van der Waals surface area contributed by atoms with E-state index in [0.29, 0.717) is 5.69 Å². The molecule has 33 heavy (non-hydrogen) atoms. The average molecular weight is 501 g/mol. The Morgan fingerprint density at radius 3 is 2.12 bits per heavy atom. The number of hydrogen-bond donors (Lipinski definition) is 1. The molecule has 1 N–H and O–H groups in total. The molecule has 6 heteroatoms. The first-order valence-electron chi connectivity index (χ1n) is 11.0. The Labute approximate surface area is 199 Å². The van der Waals surface area contributed by atoms with Gasteiger partial charge in [0.2, 0.25) is 17.7 Å². The highest BCUT2D eigenvalue weighted by Crippen LogP contribution is 2.66. The predicted octanol–water partition coefficient (Wildman–Crippen LogP) is 4.33. The fourth-order valence-electron chi connectivity index (χ4n) is 5.94. The summed E-state index contributed by atoms with van der Waals surface area (Å²) in [6.45, 7) is 1.61. The number of imide groups is 1. The molecule has 1 heterocycles. The summed E-state index contributed by atoms with van der Waals surface area (Å²) in [4.78, 5) is 41.4. The first-order chi connectivity index (χ1) is 15.9. The highest BCUT2D eigenvalue weighted by atomic mass is 79.9. The van der Waals surface area contributed by atoms with Crippen molar-refractivity contribution in [2.45, 2.75) is 17.2 Å². The van der Waals surface area contributed by atoms with E-state index in [1.54, 1.807) is 0 Å². The first-order valence-corrected chi connectivity index (χ1v) is 11.8. The van der Waals surface area contributed by atoms with Gasteiger partial charge in [0.1, 0.15) is 6.54 Å². The van der Waals surface area contributed by atoms with Crippen molar-refractivity contribution in [1.82, 2.24) is 4.90 Å². The van der Waals surface area contributed by atoms with Crippen LogP contribution in [0.25, 0.3) is 0 Å². The monoisotopic (exact) mass is 500 g/mol. The SMILES string of the molecule is Cc1ccccc1NC(=O)CN1C(=O)[C@@H]2C3c4ccccc4C(Br)(c4ccccc43)[C@H]2C1=O. The second-order valence-corrected chi connectivity index (χ2v) is 10.2. The number of para-hydroxylation sites is 1. The van der Waals surface area contributed by atoms with Crippen LogP contribution in [-0.4, -0.2) is 29.2 Å². The number of nitrogens with zero attached hydrogens (tertiary/aromatic N) is 1. The molecule has 2 atom stereocenters. The number of likely N-dealkylation sites (tertiary alicyclic amines) is 1. The number of carbonyl (C=O) groups excluding carboxylic acids is 3. The van der Waals surface area contributed by atoms with Crippen LogP contribution >= 0.6 is 15.9 Å². The van der Waals surface area contributed by atoms with Crippen molar-refractivity contribution < 1.29 is 14.4 Å². The van der Waals surface area contributed by atoms with Crippen molar-refractivity contribution in [3.05, 3.63) is 101 Å². The number of rotatable bonds is 3. The maximum Gasteiger partial charge on any atom is 0.244 e. The van der Waals surface area contributed by atoms with Gasteiger partial charge in [-0.1, -0.05) is 82.7 Å². The molecule has 0 aromatic heterocycles. The number of halogens is 1. The molecule has 5 nitrogen and oxygen atoms in total. The lowest BCUT2D eigenvalue weighted by Crippen LogP contribution is -2.50. The van der Waals surface area contributed by atoms with Gasteiger partial charge in [-0.3, -0.25) is 19.3 Å². The van der Waals surface area contributed by atoms with Crippen LogP contribution in [0, 0.1) is 18.8 Å². The lowest BCUT2D eigenvalue weighted by Gasteiger charge is -2.51. The fourth-order valence-corrected chi connectivity index (χ4v) is 7.14. The summed E-state index contributed by atoms with van der Waals surface area (Å²) in [6.07, 6.45) is 0. The lowest BCUT2D eigenvalue weighted by molar-refractivity contribution is -0.142. The molecule has 1 saturated heterocycles. The Morgan fingerprint density at radius 1 is 0.909 bits per heavy atom. The molecule has 1 fully saturated rings. The third-order valence-corrected chi connectivity index (χ3v) is 8.67. The van der Waals surface area contributed by atoms with Crippen LogP contribution < -0.4 is 5.32 Å². The van der Waals surface area contributed by atoms with E-state index >= 15 is 0 Å². The van der Waals surface area contributed by atoms with Crippen LogP contribution in [0.15, 0.2) is 72.8 Å². The van der Waals surface area contributed by atoms with E-state index in [-0.39, 0.29) is 30.2 Å². The van der Waals surface area contributed by atoms with E-state index in [9.17, 15) is 14.4 Å². The maximum absolute atomic E-state index is 13.7. The quantitative estimate of drug-likeness (QED) is 0.429. The van der Waals surface area contributed by atoms with E-state index in [1.807, 2.05) is 79.7 Å². The van der Waals surface area contributed by atoms with Crippen molar-refractivity contribution >= 4 is 39.3 Å².